The van der Waals surface area contributed by atoms with Crippen molar-refractivity contribution in [2.24, 2.45) is 0 Å². The molecule has 3 rings (SSSR count). The molecule has 3 heterocycles. The zero-order valence-corrected chi connectivity index (χ0v) is 13.2. The summed E-state index contributed by atoms with van der Waals surface area (Å²) >= 11 is 1.59. The number of anilines is 1. The summed E-state index contributed by atoms with van der Waals surface area (Å²) < 4.78 is 1.69. The molecule has 0 aliphatic heterocycles. The SMILES string of the molecule is CC(C)n1cc(-c2ncc(N)nc2-c2ccsc2)ccc1=O. The largest absolute Gasteiger partial charge is 0.382 e. The minimum Gasteiger partial charge on any atom is -0.382 e. The maximum absolute atomic E-state index is 11.9. The monoisotopic (exact) mass is 312 g/mol. The van der Waals surface area contributed by atoms with Crippen LogP contribution in [0.5, 0.6) is 0 Å². The maximum atomic E-state index is 11.9. The molecule has 22 heavy (non-hydrogen) atoms. The summed E-state index contributed by atoms with van der Waals surface area (Å²) in [6, 6.07) is 5.40. The Kier molecular flexibility index (Phi) is 3.77. The van der Waals surface area contributed by atoms with E-state index in [0.29, 0.717) is 5.82 Å². The van der Waals surface area contributed by atoms with Gasteiger partial charge in [0.2, 0.25) is 0 Å². The number of hydrogen-bond donors (Lipinski definition) is 1. The van der Waals surface area contributed by atoms with Crippen molar-refractivity contribution in [1.82, 2.24) is 14.5 Å². The number of aromatic nitrogens is 3. The Labute approximate surface area is 132 Å². The van der Waals surface area contributed by atoms with E-state index in [1.54, 1.807) is 28.0 Å². The third kappa shape index (κ3) is 2.65. The molecule has 0 fully saturated rings. The summed E-state index contributed by atoms with van der Waals surface area (Å²) in [6.45, 7) is 3.94. The molecule has 0 saturated heterocycles. The molecule has 0 unspecified atom stereocenters. The van der Waals surface area contributed by atoms with E-state index in [1.807, 2.05) is 36.9 Å². The number of pyridine rings is 1. The highest BCUT2D eigenvalue weighted by molar-refractivity contribution is 7.08. The number of nitrogen functional groups attached to an aromatic ring is 1. The molecule has 112 valence electrons. The topological polar surface area (TPSA) is 73.8 Å². The van der Waals surface area contributed by atoms with Crippen LogP contribution in [-0.2, 0) is 0 Å². The molecule has 0 atom stereocenters. The van der Waals surface area contributed by atoms with E-state index >= 15 is 0 Å². The van der Waals surface area contributed by atoms with Gasteiger partial charge in [-0.1, -0.05) is 0 Å². The maximum Gasteiger partial charge on any atom is 0.250 e. The second kappa shape index (κ2) is 5.73. The van der Waals surface area contributed by atoms with Gasteiger partial charge in [0.15, 0.2) is 0 Å². The van der Waals surface area contributed by atoms with E-state index in [0.717, 1.165) is 22.5 Å². The van der Waals surface area contributed by atoms with E-state index in [-0.39, 0.29) is 11.6 Å². The summed E-state index contributed by atoms with van der Waals surface area (Å²) in [7, 11) is 0. The van der Waals surface area contributed by atoms with Crippen molar-refractivity contribution in [2.75, 3.05) is 5.73 Å². The minimum absolute atomic E-state index is 0.0285. The second-order valence-corrected chi connectivity index (χ2v) is 6.04. The predicted molar refractivity (Wildman–Crippen MR) is 89.8 cm³/mol. The Bertz CT molecular complexity index is 853. The van der Waals surface area contributed by atoms with Gasteiger partial charge in [0.1, 0.15) is 5.82 Å². The lowest BCUT2D eigenvalue weighted by molar-refractivity contribution is 0.579. The average molecular weight is 312 g/mol. The molecule has 0 bridgehead atoms. The van der Waals surface area contributed by atoms with Gasteiger partial charge in [-0.25, -0.2) is 4.98 Å². The molecular formula is C16H16N4OS. The lowest BCUT2D eigenvalue weighted by atomic mass is 10.1. The lowest BCUT2D eigenvalue weighted by Gasteiger charge is -2.13. The first-order chi connectivity index (χ1) is 10.6. The van der Waals surface area contributed by atoms with E-state index in [9.17, 15) is 4.79 Å². The highest BCUT2D eigenvalue weighted by atomic mass is 32.1. The number of hydrogen-bond acceptors (Lipinski definition) is 5. The van der Waals surface area contributed by atoms with Gasteiger partial charge in [-0.15, -0.1) is 0 Å². The molecule has 2 N–H and O–H groups in total. The fourth-order valence-corrected chi connectivity index (χ4v) is 2.90. The zero-order valence-electron chi connectivity index (χ0n) is 12.4. The summed E-state index contributed by atoms with van der Waals surface area (Å²) in [4.78, 5) is 20.8. The third-order valence-corrected chi connectivity index (χ3v) is 4.04. The molecule has 6 heteroatoms. The van der Waals surface area contributed by atoms with Crippen molar-refractivity contribution in [1.29, 1.82) is 0 Å². The fourth-order valence-electron chi connectivity index (χ4n) is 2.26. The third-order valence-electron chi connectivity index (χ3n) is 3.35. The molecule has 0 amide bonds. The highest BCUT2D eigenvalue weighted by Crippen LogP contribution is 2.30. The Morgan fingerprint density at radius 1 is 1.18 bits per heavy atom. The van der Waals surface area contributed by atoms with Gasteiger partial charge in [-0.2, -0.15) is 11.3 Å². The summed E-state index contributed by atoms with van der Waals surface area (Å²) in [6.07, 6.45) is 3.36. The number of thiophene rings is 1. The Morgan fingerprint density at radius 3 is 2.68 bits per heavy atom. The van der Waals surface area contributed by atoms with E-state index < -0.39 is 0 Å². The normalized spacial score (nSPS) is 11.0. The first kappa shape index (κ1) is 14.5. The van der Waals surface area contributed by atoms with E-state index in [2.05, 4.69) is 9.97 Å². The van der Waals surface area contributed by atoms with Crippen LogP contribution in [0.3, 0.4) is 0 Å². The molecule has 0 aliphatic carbocycles. The van der Waals surface area contributed by atoms with Crippen LogP contribution in [0.15, 0.2) is 46.1 Å². The molecule has 0 radical (unpaired) electrons. The fraction of sp³-hybridized carbons (Fsp3) is 0.188. The Morgan fingerprint density at radius 2 is 2.00 bits per heavy atom. The average Bonchev–Trinajstić information content (AvgIpc) is 3.02. The number of nitrogens with zero attached hydrogens (tertiary/aromatic N) is 3. The number of nitrogens with two attached hydrogens (primary N) is 1. The van der Waals surface area contributed by atoms with Crippen molar-refractivity contribution in [3.05, 3.63) is 51.7 Å². The van der Waals surface area contributed by atoms with Gasteiger partial charge < -0.3 is 10.3 Å². The highest BCUT2D eigenvalue weighted by Gasteiger charge is 2.13. The minimum atomic E-state index is -0.0285. The van der Waals surface area contributed by atoms with Gasteiger partial charge in [0, 0.05) is 34.8 Å². The van der Waals surface area contributed by atoms with Crippen LogP contribution in [0.25, 0.3) is 22.5 Å². The van der Waals surface area contributed by atoms with Crippen LogP contribution in [0.2, 0.25) is 0 Å². The molecule has 0 aromatic carbocycles. The van der Waals surface area contributed by atoms with Crippen molar-refractivity contribution >= 4 is 17.2 Å². The quantitative estimate of drug-likeness (QED) is 0.806. The van der Waals surface area contributed by atoms with Crippen molar-refractivity contribution in [2.45, 2.75) is 19.9 Å². The van der Waals surface area contributed by atoms with Crippen LogP contribution in [0, 0.1) is 0 Å². The smallest absolute Gasteiger partial charge is 0.250 e. The van der Waals surface area contributed by atoms with Gasteiger partial charge >= 0.3 is 0 Å². The predicted octanol–water partition coefficient (Wildman–Crippen LogP) is 3.20. The van der Waals surface area contributed by atoms with Crippen LogP contribution >= 0.6 is 11.3 Å². The molecule has 3 aromatic heterocycles. The summed E-state index contributed by atoms with van der Waals surface area (Å²) in [5.41, 5.74) is 9.04. The van der Waals surface area contributed by atoms with Gasteiger partial charge in [-0.05, 0) is 31.4 Å². The molecular weight excluding hydrogens is 296 g/mol. The van der Waals surface area contributed by atoms with Crippen molar-refractivity contribution in [3.63, 3.8) is 0 Å². The standard InChI is InChI=1S/C16H16N4OS/c1-10(2)20-8-11(3-4-14(20)21)15-16(12-5-6-22-9-12)19-13(17)7-18-15/h3-10H,1-2H3,(H2,17,19). The van der Waals surface area contributed by atoms with Gasteiger partial charge in [0.25, 0.3) is 5.56 Å². The van der Waals surface area contributed by atoms with E-state index in [4.69, 9.17) is 5.73 Å². The second-order valence-electron chi connectivity index (χ2n) is 5.26. The Balaban J connectivity index is 2.21. The molecule has 5 nitrogen and oxygen atoms in total. The van der Waals surface area contributed by atoms with Gasteiger partial charge in [0.05, 0.1) is 17.6 Å². The summed E-state index contributed by atoms with van der Waals surface area (Å²) in [5.74, 6) is 0.377. The van der Waals surface area contributed by atoms with Crippen molar-refractivity contribution < 1.29 is 0 Å². The van der Waals surface area contributed by atoms with Crippen LogP contribution in [0.1, 0.15) is 19.9 Å². The van der Waals surface area contributed by atoms with Crippen molar-refractivity contribution in [3.8, 4) is 22.5 Å². The molecule has 0 saturated carbocycles. The lowest BCUT2D eigenvalue weighted by Crippen LogP contribution is -2.20. The summed E-state index contributed by atoms with van der Waals surface area (Å²) in [5, 5.41) is 3.99. The number of rotatable bonds is 3. The zero-order chi connectivity index (χ0) is 15.7. The first-order valence-electron chi connectivity index (χ1n) is 6.94. The first-order valence-corrected chi connectivity index (χ1v) is 7.88. The Hall–Kier alpha value is -2.47. The molecule has 0 spiro atoms. The van der Waals surface area contributed by atoms with E-state index in [1.165, 1.54) is 6.20 Å². The molecule has 3 aromatic rings. The molecule has 0 aliphatic rings. The van der Waals surface area contributed by atoms with Crippen LogP contribution in [0.4, 0.5) is 5.82 Å². The van der Waals surface area contributed by atoms with Crippen LogP contribution < -0.4 is 11.3 Å². The van der Waals surface area contributed by atoms with Gasteiger partial charge in [-0.3, -0.25) is 9.78 Å². The van der Waals surface area contributed by atoms with Crippen LogP contribution in [-0.4, -0.2) is 14.5 Å².